The highest BCUT2D eigenvalue weighted by Crippen LogP contribution is 2.36. The standard InChI is InChI=1S/C11H22O2Si/c12-14-13-11(10-5-2-6-10)8-7-9-3-1-4-9/h9-12H,1-8,14H2. The predicted octanol–water partition coefficient (Wildman–Crippen LogP) is 1.74. The van der Waals surface area contributed by atoms with Crippen LogP contribution in [-0.4, -0.2) is 20.9 Å². The fraction of sp³-hybridized carbons (Fsp3) is 1.00. The average molecular weight is 214 g/mol. The summed E-state index contributed by atoms with van der Waals surface area (Å²) < 4.78 is 5.56. The van der Waals surface area contributed by atoms with Crippen molar-refractivity contribution in [3.8, 4) is 0 Å². The van der Waals surface area contributed by atoms with E-state index in [1.165, 1.54) is 51.4 Å². The Morgan fingerprint density at radius 1 is 1.21 bits per heavy atom. The van der Waals surface area contributed by atoms with E-state index in [9.17, 15) is 0 Å². The predicted molar refractivity (Wildman–Crippen MR) is 59.6 cm³/mol. The Bertz CT molecular complexity index is 167. The summed E-state index contributed by atoms with van der Waals surface area (Å²) in [5.74, 6) is 1.77. The molecule has 0 aromatic heterocycles. The second-order valence-electron chi connectivity index (χ2n) is 4.90. The molecule has 0 bridgehead atoms. The van der Waals surface area contributed by atoms with Gasteiger partial charge in [0.2, 0.25) is 0 Å². The van der Waals surface area contributed by atoms with Crippen LogP contribution in [0.5, 0.6) is 0 Å². The van der Waals surface area contributed by atoms with Gasteiger partial charge < -0.3 is 9.22 Å². The lowest BCUT2D eigenvalue weighted by Gasteiger charge is -2.35. The first-order chi connectivity index (χ1) is 6.90. The summed E-state index contributed by atoms with van der Waals surface area (Å²) in [6, 6.07) is 0. The van der Waals surface area contributed by atoms with Crippen molar-refractivity contribution < 1.29 is 9.22 Å². The molecule has 14 heavy (non-hydrogen) atoms. The fourth-order valence-electron chi connectivity index (χ4n) is 2.54. The molecule has 0 aliphatic heterocycles. The minimum atomic E-state index is -1.18. The van der Waals surface area contributed by atoms with Gasteiger partial charge in [0.1, 0.15) is 0 Å². The van der Waals surface area contributed by atoms with Gasteiger partial charge in [0.15, 0.2) is 0 Å². The van der Waals surface area contributed by atoms with Gasteiger partial charge in [-0.2, -0.15) is 0 Å². The van der Waals surface area contributed by atoms with Crippen molar-refractivity contribution >= 4 is 10.0 Å². The molecule has 0 saturated heterocycles. The van der Waals surface area contributed by atoms with Gasteiger partial charge in [-0.1, -0.05) is 25.7 Å². The van der Waals surface area contributed by atoms with E-state index >= 15 is 0 Å². The molecule has 2 aliphatic carbocycles. The summed E-state index contributed by atoms with van der Waals surface area (Å²) >= 11 is 0. The van der Waals surface area contributed by atoms with E-state index in [1.807, 2.05) is 0 Å². The van der Waals surface area contributed by atoms with Crippen molar-refractivity contribution in [3.05, 3.63) is 0 Å². The lowest BCUT2D eigenvalue weighted by Crippen LogP contribution is -2.31. The molecule has 0 aromatic carbocycles. The molecular weight excluding hydrogens is 192 g/mol. The Balaban J connectivity index is 1.66. The molecule has 0 radical (unpaired) electrons. The summed E-state index contributed by atoms with van der Waals surface area (Å²) in [6.07, 6.45) is 11.3. The van der Waals surface area contributed by atoms with E-state index in [0.29, 0.717) is 6.10 Å². The molecule has 82 valence electrons. The molecule has 2 fully saturated rings. The zero-order chi connectivity index (χ0) is 9.80. The van der Waals surface area contributed by atoms with E-state index < -0.39 is 10.0 Å². The highest BCUT2D eigenvalue weighted by molar-refractivity contribution is 6.15. The Labute approximate surface area is 89.1 Å². The van der Waals surface area contributed by atoms with Gasteiger partial charge in [-0.05, 0) is 37.5 Å². The first-order valence-electron chi connectivity index (χ1n) is 6.12. The van der Waals surface area contributed by atoms with Gasteiger partial charge in [0, 0.05) is 6.10 Å². The van der Waals surface area contributed by atoms with Crippen molar-refractivity contribution in [2.75, 3.05) is 0 Å². The van der Waals surface area contributed by atoms with Crippen molar-refractivity contribution in [1.29, 1.82) is 0 Å². The third kappa shape index (κ3) is 2.58. The molecule has 0 amide bonds. The lowest BCUT2D eigenvalue weighted by molar-refractivity contribution is 0.0584. The maximum absolute atomic E-state index is 8.96. The van der Waals surface area contributed by atoms with Crippen LogP contribution in [0, 0.1) is 11.8 Å². The van der Waals surface area contributed by atoms with Gasteiger partial charge in [0.05, 0.1) is 0 Å². The van der Waals surface area contributed by atoms with E-state index in [4.69, 9.17) is 9.22 Å². The smallest absolute Gasteiger partial charge is 0.302 e. The van der Waals surface area contributed by atoms with Crippen LogP contribution in [0.25, 0.3) is 0 Å². The summed E-state index contributed by atoms with van der Waals surface area (Å²) in [5.41, 5.74) is 0. The molecule has 2 aliphatic rings. The van der Waals surface area contributed by atoms with Crippen molar-refractivity contribution in [1.82, 2.24) is 0 Å². The quantitative estimate of drug-likeness (QED) is 0.683. The first kappa shape index (κ1) is 10.6. The van der Waals surface area contributed by atoms with Gasteiger partial charge >= 0.3 is 10.0 Å². The van der Waals surface area contributed by atoms with Crippen LogP contribution in [0.1, 0.15) is 51.4 Å². The van der Waals surface area contributed by atoms with E-state index in [2.05, 4.69) is 0 Å². The first-order valence-corrected chi connectivity index (χ1v) is 7.33. The van der Waals surface area contributed by atoms with Gasteiger partial charge in [-0.3, -0.25) is 0 Å². The molecule has 3 heteroatoms. The molecule has 1 N–H and O–H groups in total. The number of hydrogen-bond donors (Lipinski definition) is 1. The van der Waals surface area contributed by atoms with E-state index in [0.717, 1.165) is 11.8 Å². The van der Waals surface area contributed by atoms with Crippen LogP contribution in [0.15, 0.2) is 0 Å². The van der Waals surface area contributed by atoms with Crippen molar-refractivity contribution in [2.24, 2.45) is 11.8 Å². The molecule has 2 rings (SSSR count). The average Bonchev–Trinajstić information content (AvgIpc) is 1.98. The second kappa shape index (κ2) is 5.28. The van der Waals surface area contributed by atoms with Gasteiger partial charge in [-0.15, -0.1) is 0 Å². The van der Waals surface area contributed by atoms with E-state index in [-0.39, 0.29) is 0 Å². The van der Waals surface area contributed by atoms with Crippen LogP contribution in [-0.2, 0) is 4.43 Å². The van der Waals surface area contributed by atoms with Gasteiger partial charge in [-0.25, -0.2) is 0 Å². The fourth-order valence-corrected chi connectivity index (χ4v) is 3.17. The minimum absolute atomic E-state index is 0.418. The molecule has 1 atom stereocenters. The molecule has 0 heterocycles. The highest BCUT2D eigenvalue weighted by Gasteiger charge is 2.28. The van der Waals surface area contributed by atoms with Crippen LogP contribution in [0.2, 0.25) is 0 Å². The minimum Gasteiger partial charge on any atom is -0.415 e. The zero-order valence-corrected chi connectivity index (χ0v) is 10.4. The molecule has 0 spiro atoms. The van der Waals surface area contributed by atoms with Crippen LogP contribution in [0.4, 0.5) is 0 Å². The zero-order valence-electron chi connectivity index (χ0n) is 8.95. The third-order valence-electron chi connectivity index (χ3n) is 4.05. The number of rotatable bonds is 6. The summed E-state index contributed by atoms with van der Waals surface area (Å²) in [7, 11) is -1.18. The molecule has 2 saturated carbocycles. The number of hydrogen-bond acceptors (Lipinski definition) is 2. The third-order valence-corrected chi connectivity index (χ3v) is 4.63. The summed E-state index contributed by atoms with van der Waals surface area (Å²) in [4.78, 5) is 8.96. The maximum atomic E-state index is 8.96. The summed E-state index contributed by atoms with van der Waals surface area (Å²) in [6.45, 7) is 0. The lowest BCUT2D eigenvalue weighted by atomic mass is 9.76. The Morgan fingerprint density at radius 3 is 2.36 bits per heavy atom. The Kier molecular flexibility index (Phi) is 4.02. The van der Waals surface area contributed by atoms with Crippen molar-refractivity contribution in [3.63, 3.8) is 0 Å². The molecule has 0 aromatic rings. The molecule has 2 nitrogen and oxygen atoms in total. The van der Waals surface area contributed by atoms with Gasteiger partial charge in [0.25, 0.3) is 0 Å². The normalized spacial score (nSPS) is 26.4. The van der Waals surface area contributed by atoms with Crippen LogP contribution < -0.4 is 0 Å². The van der Waals surface area contributed by atoms with Crippen LogP contribution >= 0.6 is 0 Å². The second-order valence-corrected chi connectivity index (χ2v) is 5.49. The highest BCUT2D eigenvalue weighted by atomic mass is 28.2. The summed E-state index contributed by atoms with van der Waals surface area (Å²) in [5, 5.41) is 0. The Hall–Kier alpha value is 0.137. The van der Waals surface area contributed by atoms with Crippen LogP contribution in [0.3, 0.4) is 0 Å². The monoisotopic (exact) mass is 214 g/mol. The van der Waals surface area contributed by atoms with Crippen molar-refractivity contribution in [2.45, 2.75) is 57.5 Å². The SMILES string of the molecule is O[SiH2]OC(CCC1CCC1)C1CCC1. The molecule has 1 unspecified atom stereocenters. The van der Waals surface area contributed by atoms with E-state index in [1.54, 1.807) is 0 Å². The Morgan fingerprint density at radius 2 is 1.93 bits per heavy atom. The molecular formula is C11H22O2Si. The topological polar surface area (TPSA) is 29.5 Å². The largest absolute Gasteiger partial charge is 0.415 e. The maximum Gasteiger partial charge on any atom is 0.302 e.